The highest BCUT2D eigenvalue weighted by Gasteiger charge is 2.15. The molecule has 1 aliphatic heterocycles. The number of aromatic hydroxyl groups is 1. The fourth-order valence-electron chi connectivity index (χ4n) is 2.24. The van der Waals surface area contributed by atoms with Crippen molar-refractivity contribution in [3.05, 3.63) is 18.2 Å². The van der Waals surface area contributed by atoms with Gasteiger partial charge in [-0.15, -0.1) is 0 Å². The number of rotatable bonds is 6. The van der Waals surface area contributed by atoms with Gasteiger partial charge < -0.3 is 18.9 Å². The van der Waals surface area contributed by atoms with Gasteiger partial charge in [0.2, 0.25) is 0 Å². The molecule has 1 aromatic carbocycles. The van der Waals surface area contributed by atoms with Crippen molar-refractivity contribution in [1.29, 1.82) is 0 Å². The Bertz CT molecular complexity index is 425. The second-order valence-electron chi connectivity index (χ2n) is 4.59. The third kappa shape index (κ3) is 3.94. The molecule has 1 aliphatic rings. The minimum Gasteiger partial charge on any atom is -0.508 e. The second-order valence-corrected chi connectivity index (χ2v) is 5.40. The summed E-state index contributed by atoms with van der Waals surface area (Å²) in [7, 11) is 1.65. The lowest BCUT2D eigenvalue weighted by molar-refractivity contribution is 0.0395. The molecule has 1 saturated heterocycles. The summed E-state index contributed by atoms with van der Waals surface area (Å²) in [6, 6.07) is 5.18. The molecule has 0 amide bonds. The minimum atomic E-state index is 0.256. The summed E-state index contributed by atoms with van der Waals surface area (Å²) >= 11 is 1.63. The van der Waals surface area contributed by atoms with Crippen LogP contribution in [0.2, 0.25) is 0 Å². The van der Waals surface area contributed by atoms with E-state index in [0.29, 0.717) is 0 Å². The normalized spacial score (nSPS) is 16.1. The number of anilines is 1. The van der Waals surface area contributed by atoms with Gasteiger partial charge >= 0.3 is 0 Å². The van der Waals surface area contributed by atoms with Gasteiger partial charge in [0.05, 0.1) is 26.0 Å². The Balaban J connectivity index is 2.01. The predicted molar refractivity (Wildman–Crippen MR) is 82.8 cm³/mol. The van der Waals surface area contributed by atoms with Crippen LogP contribution in [0.3, 0.4) is 0 Å². The number of ether oxygens (including phenoxy) is 2. The summed E-state index contributed by atoms with van der Waals surface area (Å²) < 4.78 is 12.9. The standard InChI is InChI=1S/C14H22N2O3S/c1-18-14-4-3-12(17)11-13(14)16(20-2)6-5-15-7-9-19-10-8-15/h3-4,11,17H,5-10H2,1-2H3. The van der Waals surface area contributed by atoms with E-state index < -0.39 is 0 Å². The van der Waals surface area contributed by atoms with Gasteiger partial charge in [-0.3, -0.25) is 4.90 Å². The lowest BCUT2D eigenvalue weighted by Gasteiger charge is -2.30. The lowest BCUT2D eigenvalue weighted by atomic mass is 10.2. The molecule has 0 bridgehead atoms. The number of nitrogens with zero attached hydrogens (tertiary/aromatic N) is 2. The minimum absolute atomic E-state index is 0.256. The molecule has 0 spiro atoms. The maximum Gasteiger partial charge on any atom is 0.143 e. The molecule has 0 aromatic heterocycles. The first-order valence-corrected chi connectivity index (χ1v) is 7.91. The van der Waals surface area contributed by atoms with E-state index >= 15 is 0 Å². The van der Waals surface area contributed by atoms with E-state index in [1.54, 1.807) is 37.3 Å². The van der Waals surface area contributed by atoms with Crippen molar-refractivity contribution in [3.63, 3.8) is 0 Å². The highest BCUT2D eigenvalue weighted by atomic mass is 32.2. The van der Waals surface area contributed by atoms with E-state index in [1.807, 2.05) is 6.26 Å². The van der Waals surface area contributed by atoms with Crippen LogP contribution in [0.4, 0.5) is 5.69 Å². The molecule has 0 atom stereocenters. The van der Waals surface area contributed by atoms with Crippen LogP contribution in [0.1, 0.15) is 0 Å². The van der Waals surface area contributed by atoms with Gasteiger partial charge in [0.1, 0.15) is 11.5 Å². The summed E-state index contributed by atoms with van der Waals surface area (Å²) in [5, 5.41) is 9.68. The Morgan fingerprint density at radius 3 is 2.80 bits per heavy atom. The Kier molecular flexibility index (Phi) is 5.82. The van der Waals surface area contributed by atoms with Crippen molar-refractivity contribution in [2.24, 2.45) is 0 Å². The Morgan fingerprint density at radius 2 is 2.15 bits per heavy atom. The summed E-state index contributed by atoms with van der Waals surface area (Å²) in [6.07, 6.45) is 2.03. The monoisotopic (exact) mass is 298 g/mol. The maximum absolute atomic E-state index is 9.68. The smallest absolute Gasteiger partial charge is 0.143 e. The molecule has 1 heterocycles. The van der Waals surface area contributed by atoms with E-state index in [1.165, 1.54) is 0 Å². The van der Waals surface area contributed by atoms with Crippen LogP contribution in [0.15, 0.2) is 18.2 Å². The topological polar surface area (TPSA) is 45.2 Å². The summed E-state index contributed by atoms with van der Waals surface area (Å²) in [4.78, 5) is 2.39. The third-order valence-electron chi connectivity index (χ3n) is 3.37. The summed E-state index contributed by atoms with van der Waals surface area (Å²) in [6.45, 7) is 5.45. The first-order chi connectivity index (χ1) is 9.74. The average molecular weight is 298 g/mol. The van der Waals surface area contributed by atoms with Crippen molar-refractivity contribution in [2.45, 2.75) is 0 Å². The van der Waals surface area contributed by atoms with Crippen LogP contribution in [0.25, 0.3) is 0 Å². The van der Waals surface area contributed by atoms with Gasteiger partial charge in [0, 0.05) is 38.5 Å². The first-order valence-electron chi connectivity index (χ1n) is 6.73. The van der Waals surface area contributed by atoms with Crippen molar-refractivity contribution in [1.82, 2.24) is 4.90 Å². The van der Waals surface area contributed by atoms with Crippen LogP contribution >= 0.6 is 11.9 Å². The Labute approximate surface area is 124 Å². The zero-order valence-corrected chi connectivity index (χ0v) is 12.9. The van der Waals surface area contributed by atoms with E-state index in [9.17, 15) is 5.11 Å². The van der Waals surface area contributed by atoms with Crippen molar-refractivity contribution >= 4 is 17.6 Å². The molecule has 0 radical (unpaired) electrons. The Morgan fingerprint density at radius 1 is 1.40 bits per heavy atom. The molecule has 0 aliphatic carbocycles. The molecule has 1 fully saturated rings. The van der Waals surface area contributed by atoms with Gasteiger partial charge in [-0.1, -0.05) is 11.9 Å². The van der Waals surface area contributed by atoms with E-state index in [4.69, 9.17) is 9.47 Å². The number of hydrogen-bond donors (Lipinski definition) is 1. The average Bonchev–Trinajstić information content (AvgIpc) is 2.49. The number of phenolic OH excluding ortho intramolecular Hbond substituents is 1. The highest BCUT2D eigenvalue weighted by Crippen LogP contribution is 2.34. The van der Waals surface area contributed by atoms with Crippen LogP contribution in [-0.4, -0.2) is 62.8 Å². The first kappa shape index (κ1) is 15.3. The SMILES string of the molecule is COc1ccc(O)cc1N(CCN1CCOCC1)SC. The number of methoxy groups -OCH3 is 1. The molecule has 0 saturated carbocycles. The zero-order chi connectivity index (χ0) is 14.4. The summed E-state index contributed by atoms with van der Waals surface area (Å²) in [5.41, 5.74) is 0.910. The number of phenols is 1. The fraction of sp³-hybridized carbons (Fsp3) is 0.571. The number of morpholine rings is 1. The maximum atomic E-state index is 9.68. The van der Waals surface area contributed by atoms with Crippen LogP contribution in [0, 0.1) is 0 Å². The second kappa shape index (κ2) is 7.61. The van der Waals surface area contributed by atoms with Crippen LogP contribution < -0.4 is 9.04 Å². The zero-order valence-electron chi connectivity index (χ0n) is 12.0. The molecular formula is C14H22N2O3S. The largest absolute Gasteiger partial charge is 0.508 e. The molecule has 6 heteroatoms. The molecular weight excluding hydrogens is 276 g/mol. The predicted octanol–water partition coefficient (Wildman–Crippen LogP) is 1.82. The van der Waals surface area contributed by atoms with E-state index in [2.05, 4.69) is 9.21 Å². The third-order valence-corrected chi connectivity index (χ3v) is 4.19. The Hall–Kier alpha value is -1.11. The van der Waals surface area contributed by atoms with Gasteiger partial charge in [-0.05, 0) is 12.1 Å². The van der Waals surface area contributed by atoms with Gasteiger partial charge in [0.25, 0.3) is 0 Å². The highest BCUT2D eigenvalue weighted by molar-refractivity contribution is 7.99. The molecule has 1 N–H and O–H groups in total. The molecule has 2 rings (SSSR count). The molecule has 20 heavy (non-hydrogen) atoms. The fourth-order valence-corrected chi connectivity index (χ4v) is 2.84. The van der Waals surface area contributed by atoms with Gasteiger partial charge in [-0.2, -0.15) is 0 Å². The van der Waals surface area contributed by atoms with E-state index in [0.717, 1.165) is 50.8 Å². The summed E-state index contributed by atoms with van der Waals surface area (Å²) in [5.74, 6) is 1.03. The molecule has 0 unspecified atom stereocenters. The van der Waals surface area contributed by atoms with Crippen molar-refractivity contribution in [2.75, 3.05) is 57.1 Å². The molecule has 5 nitrogen and oxygen atoms in total. The van der Waals surface area contributed by atoms with Gasteiger partial charge in [-0.25, -0.2) is 0 Å². The van der Waals surface area contributed by atoms with Crippen LogP contribution in [0.5, 0.6) is 11.5 Å². The molecule has 112 valence electrons. The molecule has 1 aromatic rings. The van der Waals surface area contributed by atoms with E-state index in [-0.39, 0.29) is 5.75 Å². The van der Waals surface area contributed by atoms with Crippen molar-refractivity contribution in [3.8, 4) is 11.5 Å². The number of benzene rings is 1. The lowest BCUT2D eigenvalue weighted by Crippen LogP contribution is -2.40. The number of hydrogen-bond acceptors (Lipinski definition) is 6. The van der Waals surface area contributed by atoms with Gasteiger partial charge in [0.15, 0.2) is 0 Å². The quantitative estimate of drug-likeness (QED) is 0.808. The van der Waals surface area contributed by atoms with Crippen LogP contribution in [-0.2, 0) is 4.74 Å². The van der Waals surface area contributed by atoms with Crippen molar-refractivity contribution < 1.29 is 14.6 Å².